The van der Waals surface area contributed by atoms with Gasteiger partial charge in [0.25, 0.3) is 0 Å². The first-order valence-electron chi connectivity index (χ1n) is 9.29. The molecule has 0 unspecified atom stereocenters. The van der Waals surface area contributed by atoms with Crippen molar-refractivity contribution < 1.29 is 0 Å². The summed E-state index contributed by atoms with van der Waals surface area (Å²) in [6, 6.07) is 16.7. The summed E-state index contributed by atoms with van der Waals surface area (Å²) in [6.45, 7) is 13.5. The number of nitrogens with one attached hydrogen (secondary N) is 1. The molecule has 0 aliphatic rings. The van der Waals surface area contributed by atoms with Crippen molar-refractivity contribution in [1.82, 2.24) is 0 Å². The maximum Gasteiger partial charge on any atom is 0.198 e. The minimum Gasteiger partial charge on any atom is -0.369 e. The number of benzene rings is 2. The average molecular weight is 352 g/mol. The normalized spacial score (nSPS) is 12.9. The molecule has 0 fully saturated rings. The summed E-state index contributed by atoms with van der Waals surface area (Å²) in [5.41, 5.74) is 11.1. The monoisotopic (exact) mass is 351 g/mol. The van der Waals surface area contributed by atoms with Crippen molar-refractivity contribution in [3.8, 4) is 0 Å². The Labute approximate surface area is 158 Å². The smallest absolute Gasteiger partial charge is 0.198 e. The van der Waals surface area contributed by atoms with Gasteiger partial charge in [-0.1, -0.05) is 65.8 Å². The molecule has 3 N–H and O–H groups in total. The molecule has 0 saturated heterocycles. The summed E-state index contributed by atoms with van der Waals surface area (Å²) in [5, 5.41) is 3.16. The summed E-state index contributed by atoms with van der Waals surface area (Å²) in [5.74, 6) is 0.400. The van der Waals surface area contributed by atoms with Crippen LogP contribution in [0.4, 0.5) is 11.4 Å². The van der Waals surface area contributed by atoms with Crippen LogP contribution in [-0.2, 0) is 12.8 Å². The van der Waals surface area contributed by atoms with E-state index in [-0.39, 0.29) is 10.8 Å². The molecule has 2 aromatic carbocycles. The third-order valence-corrected chi connectivity index (χ3v) is 3.88. The lowest BCUT2D eigenvalue weighted by atomic mass is 9.88. The zero-order valence-corrected chi connectivity index (χ0v) is 17.1. The van der Waals surface area contributed by atoms with Crippen LogP contribution in [0.3, 0.4) is 0 Å². The lowest BCUT2D eigenvalue weighted by Crippen LogP contribution is -2.21. The molecule has 0 radical (unpaired) electrons. The molecular weight excluding hydrogens is 318 g/mol. The number of anilines is 1. The zero-order chi connectivity index (χ0) is 19.4. The quantitative estimate of drug-likeness (QED) is 0.530. The highest BCUT2D eigenvalue weighted by Gasteiger charge is 2.11. The molecule has 140 valence electrons. The molecule has 3 heteroatoms. The molecule has 0 heterocycles. The van der Waals surface area contributed by atoms with Crippen molar-refractivity contribution in [1.29, 1.82) is 0 Å². The molecule has 3 nitrogen and oxygen atoms in total. The van der Waals surface area contributed by atoms with Gasteiger partial charge in [-0.2, -0.15) is 0 Å². The van der Waals surface area contributed by atoms with Crippen molar-refractivity contribution in [3.63, 3.8) is 0 Å². The van der Waals surface area contributed by atoms with Gasteiger partial charge in [0.15, 0.2) is 5.96 Å². The SMILES string of the molecule is CC(C)(C)Cc1ccc(N=C(N)Nc2ccc(CC(C)(C)C)cc2)cc1. The van der Waals surface area contributed by atoms with Gasteiger partial charge in [-0.3, -0.25) is 0 Å². The number of aliphatic imine (C=N–C) groups is 1. The fraction of sp³-hybridized carbons (Fsp3) is 0.435. The third kappa shape index (κ3) is 7.30. The van der Waals surface area contributed by atoms with Gasteiger partial charge in [-0.05, 0) is 59.1 Å². The van der Waals surface area contributed by atoms with Gasteiger partial charge in [-0.15, -0.1) is 0 Å². The van der Waals surface area contributed by atoms with Crippen molar-refractivity contribution in [3.05, 3.63) is 59.7 Å². The standard InChI is InChI=1S/C23H33N3/c1-22(2,3)15-17-7-11-19(12-8-17)25-21(24)26-20-13-9-18(10-14-20)16-23(4,5)6/h7-14H,15-16H2,1-6H3,(H3,24,25,26). The van der Waals surface area contributed by atoms with E-state index >= 15 is 0 Å². The molecule has 0 atom stereocenters. The van der Waals surface area contributed by atoms with E-state index in [1.165, 1.54) is 11.1 Å². The Hall–Kier alpha value is -2.29. The Morgan fingerprint density at radius 1 is 0.769 bits per heavy atom. The fourth-order valence-electron chi connectivity index (χ4n) is 2.93. The maximum atomic E-state index is 6.06. The summed E-state index contributed by atoms with van der Waals surface area (Å²) >= 11 is 0. The Bertz CT molecular complexity index is 727. The second kappa shape index (κ2) is 7.94. The van der Waals surface area contributed by atoms with Crippen LogP contribution in [0.5, 0.6) is 0 Å². The molecule has 0 aromatic heterocycles. The molecule has 0 bridgehead atoms. The summed E-state index contributed by atoms with van der Waals surface area (Å²) in [4.78, 5) is 4.46. The Morgan fingerprint density at radius 2 is 1.19 bits per heavy atom. The topological polar surface area (TPSA) is 50.4 Å². The van der Waals surface area contributed by atoms with Gasteiger partial charge in [-0.25, -0.2) is 4.99 Å². The summed E-state index contributed by atoms with van der Waals surface area (Å²) in [7, 11) is 0. The highest BCUT2D eigenvalue weighted by atomic mass is 15.1. The van der Waals surface area contributed by atoms with Crippen molar-refractivity contribution >= 4 is 17.3 Å². The van der Waals surface area contributed by atoms with Crippen LogP contribution >= 0.6 is 0 Å². The van der Waals surface area contributed by atoms with Gasteiger partial charge in [0.05, 0.1) is 5.69 Å². The molecule has 2 aromatic rings. The Kier molecular flexibility index (Phi) is 6.12. The number of nitrogens with zero attached hydrogens (tertiary/aromatic N) is 1. The average Bonchev–Trinajstić information content (AvgIpc) is 2.48. The first kappa shape index (κ1) is 20.0. The Balaban J connectivity index is 1.99. The molecule has 0 aliphatic carbocycles. The summed E-state index contributed by atoms with van der Waals surface area (Å²) in [6.07, 6.45) is 2.10. The predicted molar refractivity (Wildman–Crippen MR) is 114 cm³/mol. The van der Waals surface area contributed by atoms with Crippen molar-refractivity contribution in [2.45, 2.75) is 54.4 Å². The van der Waals surface area contributed by atoms with E-state index in [1.807, 2.05) is 12.1 Å². The van der Waals surface area contributed by atoms with E-state index < -0.39 is 0 Å². The molecular formula is C23H33N3. The van der Waals surface area contributed by atoms with Gasteiger partial charge in [0, 0.05) is 5.69 Å². The molecule has 0 saturated carbocycles. The second-order valence-electron chi connectivity index (χ2n) is 9.46. The van der Waals surface area contributed by atoms with E-state index in [1.54, 1.807) is 0 Å². The van der Waals surface area contributed by atoms with E-state index in [0.717, 1.165) is 24.2 Å². The number of hydrogen-bond donors (Lipinski definition) is 2. The maximum absolute atomic E-state index is 6.06. The molecule has 2 rings (SSSR count). The lowest BCUT2D eigenvalue weighted by Gasteiger charge is -2.18. The van der Waals surface area contributed by atoms with Crippen LogP contribution in [0.1, 0.15) is 52.7 Å². The fourth-order valence-corrected chi connectivity index (χ4v) is 2.93. The third-order valence-electron chi connectivity index (χ3n) is 3.88. The number of nitrogens with two attached hydrogens (primary N) is 1. The second-order valence-corrected chi connectivity index (χ2v) is 9.46. The van der Waals surface area contributed by atoms with Gasteiger partial charge in [0.1, 0.15) is 0 Å². The van der Waals surface area contributed by atoms with Crippen LogP contribution in [0.15, 0.2) is 53.5 Å². The number of hydrogen-bond acceptors (Lipinski definition) is 1. The van der Waals surface area contributed by atoms with E-state index in [9.17, 15) is 0 Å². The van der Waals surface area contributed by atoms with Crippen molar-refractivity contribution in [2.75, 3.05) is 5.32 Å². The van der Waals surface area contributed by atoms with Crippen LogP contribution in [0.25, 0.3) is 0 Å². The minimum atomic E-state index is 0.282. The van der Waals surface area contributed by atoms with Crippen LogP contribution in [-0.4, -0.2) is 5.96 Å². The van der Waals surface area contributed by atoms with E-state index in [0.29, 0.717) is 5.96 Å². The highest BCUT2D eigenvalue weighted by molar-refractivity contribution is 5.93. The molecule has 0 aliphatic heterocycles. The first-order valence-corrected chi connectivity index (χ1v) is 9.29. The molecule has 0 amide bonds. The lowest BCUT2D eigenvalue weighted by molar-refractivity contribution is 0.411. The van der Waals surface area contributed by atoms with Crippen LogP contribution in [0.2, 0.25) is 0 Å². The molecule has 26 heavy (non-hydrogen) atoms. The van der Waals surface area contributed by atoms with Crippen LogP contribution in [0, 0.1) is 10.8 Å². The van der Waals surface area contributed by atoms with Gasteiger partial charge < -0.3 is 11.1 Å². The first-order chi connectivity index (χ1) is 12.0. The number of guanidine groups is 1. The van der Waals surface area contributed by atoms with Crippen molar-refractivity contribution in [2.24, 2.45) is 21.6 Å². The highest BCUT2D eigenvalue weighted by Crippen LogP contribution is 2.23. The summed E-state index contributed by atoms with van der Waals surface area (Å²) < 4.78 is 0. The number of rotatable bonds is 4. The van der Waals surface area contributed by atoms with Gasteiger partial charge >= 0.3 is 0 Å². The predicted octanol–water partition coefficient (Wildman–Crippen LogP) is 5.92. The molecule has 0 spiro atoms. The minimum absolute atomic E-state index is 0.282. The zero-order valence-electron chi connectivity index (χ0n) is 17.1. The van der Waals surface area contributed by atoms with E-state index in [4.69, 9.17) is 5.73 Å². The van der Waals surface area contributed by atoms with Gasteiger partial charge in [0.2, 0.25) is 0 Å². The van der Waals surface area contributed by atoms with E-state index in [2.05, 4.69) is 88.2 Å². The van der Waals surface area contributed by atoms with Crippen LogP contribution < -0.4 is 11.1 Å². The Morgan fingerprint density at radius 3 is 1.62 bits per heavy atom. The largest absolute Gasteiger partial charge is 0.369 e.